The lowest BCUT2D eigenvalue weighted by molar-refractivity contribution is 0.0499. The van der Waals surface area contributed by atoms with Crippen LogP contribution in [-0.4, -0.2) is 21.0 Å². The summed E-state index contributed by atoms with van der Waals surface area (Å²) in [6, 6.07) is 1.96. The lowest BCUT2D eigenvalue weighted by Gasteiger charge is -2.08. The monoisotopic (exact) mass is 275 g/mol. The van der Waals surface area contributed by atoms with Gasteiger partial charge in [-0.05, 0) is 31.0 Å². The smallest absolute Gasteiger partial charge is 0.341 e. The number of hydrogen-bond donors (Lipinski definition) is 1. The van der Waals surface area contributed by atoms with Gasteiger partial charge in [-0.1, -0.05) is 6.92 Å². The molecule has 0 saturated carbocycles. The van der Waals surface area contributed by atoms with Gasteiger partial charge in [0, 0.05) is 0 Å². The first-order chi connectivity index (χ1) is 8.27. The molecule has 100 valence electrons. The van der Waals surface area contributed by atoms with Gasteiger partial charge in [0.15, 0.2) is 0 Å². The summed E-state index contributed by atoms with van der Waals surface area (Å²) in [5.74, 6) is -1.70. The van der Waals surface area contributed by atoms with Crippen LogP contribution >= 0.6 is 0 Å². The number of rotatable bonds is 4. The largest absolute Gasteiger partial charge is 0.462 e. The Morgan fingerprint density at radius 3 is 2.56 bits per heavy atom. The predicted octanol–water partition coefficient (Wildman–Crippen LogP) is 1.35. The van der Waals surface area contributed by atoms with E-state index in [1.54, 1.807) is 6.92 Å². The van der Waals surface area contributed by atoms with Crippen molar-refractivity contribution in [1.29, 1.82) is 0 Å². The van der Waals surface area contributed by atoms with E-state index in [1.807, 2.05) is 0 Å². The van der Waals surface area contributed by atoms with Gasteiger partial charge in [-0.15, -0.1) is 0 Å². The van der Waals surface area contributed by atoms with Gasteiger partial charge >= 0.3 is 5.97 Å². The maximum absolute atomic E-state index is 13.7. The number of halogens is 1. The van der Waals surface area contributed by atoms with Crippen LogP contribution < -0.4 is 5.14 Å². The van der Waals surface area contributed by atoms with Crippen LogP contribution in [0.4, 0.5) is 4.39 Å². The fraction of sp³-hybridized carbons (Fsp3) is 0.364. The second-order valence-corrected chi connectivity index (χ2v) is 5.34. The van der Waals surface area contributed by atoms with Crippen LogP contribution in [0.1, 0.15) is 29.3 Å². The number of carbonyl (C=O) groups excluding carboxylic acids is 1. The molecule has 1 aromatic carbocycles. The number of aryl methyl sites for hydroxylation is 1. The highest BCUT2D eigenvalue weighted by Gasteiger charge is 2.20. The minimum absolute atomic E-state index is 0.0185. The van der Waals surface area contributed by atoms with Gasteiger partial charge in [0.05, 0.1) is 17.1 Å². The minimum Gasteiger partial charge on any atom is -0.462 e. The highest BCUT2D eigenvalue weighted by atomic mass is 32.2. The molecule has 0 fully saturated rings. The Balaban J connectivity index is 3.27. The molecule has 18 heavy (non-hydrogen) atoms. The molecule has 0 saturated heterocycles. The van der Waals surface area contributed by atoms with E-state index in [2.05, 4.69) is 0 Å². The highest BCUT2D eigenvalue weighted by molar-refractivity contribution is 7.89. The minimum atomic E-state index is -3.99. The van der Waals surface area contributed by atoms with E-state index in [0.29, 0.717) is 6.42 Å². The Hall–Kier alpha value is -1.47. The van der Waals surface area contributed by atoms with Gasteiger partial charge in [-0.2, -0.15) is 0 Å². The first-order valence-corrected chi connectivity index (χ1v) is 6.82. The lowest BCUT2D eigenvalue weighted by atomic mass is 10.1. The number of carbonyl (C=O) groups is 1. The van der Waals surface area contributed by atoms with Crippen molar-refractivity contribution < 1.29 is 22.3 Å². The molecule has 0 bridgehead atoms. The first kappa shape index (κ1) is 14.6. The molecule has 0 atom stereocenters. The van der Waals surface area contributed by atoms with Gasteiger partial charge in [0.25, 0.3) is 0 Å². The number of primary sulfonamides is 1. The summed E-state index contributed by atoms with van der Waals surface area (Å²) in [6.45, 7) is 3.27. The van der Waals surface area contributed by atoms with Crippen LogP contribution in [0, 0.1) is 12.7 Å². The molecule has 1 aromatic rings. The fourth-order valence-electron chi connectivity index (χ4n) is 1.32. The SMILES string of the molecule is CCCOC(=O)c1cc(S(N)(=O)=O)cc(C)c1F. The molecule has 0 unspecified atom stereocenters. The third-order valence-corrected chi connectivity index (χ3v) is 3.11. The third kappa shape index (κ3) is 3.27. The third-order valence-electron chi connectivity index (χ3n) is 2.21. The van der Waals surface area contributed by atoms with E-state index < -0.39 is 27.4 Å². The Morgan fingerprint density at radius 1 is 1.44 bits per heavy atom. The van der Waals surface area contributed by atoms with Crippen molar-refractivity contribution in [3.8, 4) is 0 Å². The molecule has 0 spiro atoms. The first-order valence-electron chi connectivity index (χ1n) is 5.27. The molecular formula is C11H14FNO4S. The molecule has 0 aliphatic heterocycles. The lowest BCUT2D eigenvalue weighted by Crippen LogP contribution is -2.16. The summed E-state index contributed by atoms with van der Waals surface area (Å²) >= 11 is 0. The van der Waals surface area contributed by atoms with Gasteiger partial charge in [-0.25, -0.2) is 22.7 Å². The van der Waals surface area contributed by atoms with Gasteiger partial charge < -0.3 is 4.74 Å². The molecular weight excluding hydrogens is 261 g/mol. The molecule has 0 aliphatic rings. The molecule has 5 nitrogen and oxygen atoms in total. The van der Waals surface area contributed by atoms with Gasteiger partial charge in [-0.3, -0.25) is 0 Å². The molecule has 0 amide bonds. The quantitative estimate of drug-likeness (QED) is 0.840. The molecule has 1 rings (SSSR count). The summed E-state index contributed by atoms with van der Waals surface area (Å²) in [4.78, 5) is 11.2. The molecule has 2 N–H and O–H groups in total. The van der Waals surface area contributed by atoms with E-state index >= 15 is 0 Å². The van der Waals surface area contributed by atoms with Crippen LogP contribution in [-0.2, 0) is 14.8 Å². The second kappa shape index (κ2) is 5.45. The molecule has 7 heteroatoms. The van der Waals surface area contributed by atoms with E-state index in [1.165, 1.54) is 6.92 Å². The summed E-state index contributed by atoms with van der Waals surface area (Å²) in [5, 5.41) is 4.94. The van der Waals surface area contributed by atoms with E-state index in [9.17, 15) is 17.6 Å². The zero-order chi connectivity index (χ0) is 13.9. The normalized spacial score (nSPS) is 11.3. The second-order valence-electron chi connectivity index (χ2n) is 3.78. The van der Waals surface area contributed by atoms with Crippen molar-refractivity contribution in [2.24, 2.45) is 5.14 Å². The maximum Gasteiger partial charge on any atom is 0.341 e. The molecule has 0 radical (unpaired) electrons. The summed E-state index contributed by atoms with van der Waals surface area (Å²) < 4.78 is 40.9. The molecule has 0 aromatic heterocycles. The van der Waals surface area contributed by atoms with Crippen LogP contribution in [0.15, 0.2) is 17.0 Å². The summed E-state index contributed by atoms with van der Waals surface area (Å²) in [5.41, 5.74) is -0.405. The summed E-state index contributed by atoms with van der Waals surface area (Å²) in [7, 11) is -3.99. The number of esters is 1. The van der Waals surface area contributed by atoms with Crippen LogP contribution in [0.3, 0.4) is 0 Å². The number of ether oxygens (including phenoxy) is 1. The Bertz CT molecular complexity index is 569. The Morgan fingerprint density at radius 2 is 2.06 bits per heavy atom. The highest BCUT2D eigenvalue weighted by Crippen LogP contribution is 2.19. The zero-order valence-corrected chi connectivity index (χ0v) is 10.9. The van der Waals surface area contributed by atoms with E-state index in [4.69, 9.17) is 9.88 Å². The average Bonchev–Trinajstić information content (AvgIpc) is 2.27. The number of sulfonamides is 1. The standard InChI is InChI=1S/C11H14FNO4S/c1-3-4-17-11(14)9-6-8(18(13,15)16)5-7(2)10(9)12/h5-6H,3-4H2,1-2H3,(H2,13,15,16). The van der Waals surface area contributed by atoms with E-state index in [0.717, 1.165) is 12.1 Å². The average molecular weight is 275 g/mol. The Kier molecular flexibility index (Phi) is 4.42. The van der Waals surface area contributed by atoms with Crippen molar-refractivity contribution in [3.05, 3.63) is 29.1 Å². The van der Waals surface area contributed by atoms with Crippen molar-refractivity contribution in [2.75, 3.05) is 6.61 Å². The number of benzene rings is 1. The number of nitrogens with two attached hydrogens (primary N) is 1. The fourth-order valence-corrected chi connectivity index (χ4v) is 1.94. The van der Waals surface area contributed by atoms with Crippen LogP contribution in [0.2, 0.25) is 0 Å². The van der Waals surface area contributed by atoms with Crippen molar-refractivity contribution in [3.63, 3.8) is 0 Å². The molecule has 0 aliphatic carbocycles. The van der Waals surface area contributed by atoms with Gasteiger partial charge in [0.2, 0.25) is 10.0 Å². The topological polar surface area (TPSA) is 86.5 Å². The maximum atomic E-state index is 13.7. The van der Waals surface area contributed by atoms with Gasteiger partial charge in [0.1, 0.15) is 5.82 Å². The summed E-state index contributed by atoms with van der Waals surface area (Å²) in [6.07, 6.45) is 0.585. The predicted molar refractivity (Wildman–Crippen MR) is 63.1 cm³/mol. The molecule has 0 heterocycles. The zero-order valence-electron chi connectivity index (χ0n) is 10.1. The van der Waals surface area contributed by atoms with Crippen molar-refractivity contribution in [1.82, 2.24) is 0 Å². The van der Waals surface area contributed by atoms with Crippen molar-refractivity contribution >= 4 is 16.0 Å². The van der Waals surface area contributed by atoms with E-state index in [-0.39, 0.29) is 17.1 Å². The number of hydrogen-bond acceptors (Lipinski definition) is 4. The van der Waals surface area contributed by atoms with Crippen LogP contribution in [0.25, 0.3) is 0 Å². The Labute approximate surface area is 105 Å². The van der Waals surface area contributed by atoms with Crippen LogP contribution in [0.5, 0.6) is 0 Å². The van der Waals surface area contributed by atoms with Crippen molar-refractivity contribution in [2.45, 2.75) is 25.2 Å².